The number of nitrogens with zero attached hydrogens (tertiary/aromatic N) is 1. The number of hydrogen-bond acceptors (Lipinski definition) is 4. The first kappa shape index (κ1) is 16.2. The zero-order valence-corrected chi connectivity index (χ0v) is 12.7. The van der Waals surface area contributed by atoms with Gasteiger partial charge in [0.05, 0.1) is 12.6 Å². The summed E-state index contributed by atoms with van der Waals surface area (Å²) in [5.74, 6) is -0.417. The van der Waals surface area contributed by atoms with Crippen molar-refractivity contribution < 1.29 is 14.3 Å². The zero-order valence-electron chi connectivity index (χ0n) is 12.7. The fourth-order valence-electron chi connectivity index (χ4n) is 3.15. The molecule has 6 nitrogen and oxygen atoms in total. The van der Waals surface area contributed by atoms with Crippen LogP contribution in [0, 0.1) is 0 Å². The van der Waals surface area contributed by atoms with E-state index in [4.69, 9.17) is 10.5 Å². The number of amides is 2. The number of primary amides is 1. The van der Waals surface area contributed by atoms with E-state index in [-0.39, 0.29) is 24.6 Å². The summed E-state index contributed by atoms with van der Waals surface area (Å²) in [7, 11) is 0. The number of carbonyl (C=O) groups is 2. The second-order valence-electron chi connectivity index (χ2n) is 6.02. The molecule has 21 heavy (non-hydrogen) atoms. The van der Waals surface area contributed by atoms with Gasteiger partial charge in [0.1, 0.15) is 0 Å². The van der Waals surface area contributed by atoms with Crippen LogP contribution in [0.3, 0.4) is 0 Å². The Hall–Kier alpha value is -1.14. The fourth-order valence-corrected chi connectivity index (χ4v) is 3.15. The van der Waals surface area contributed by atoms with Gasteiger partial charge in [-0.05, 0) is 45.1 Å². The van der Waals surface area contributed by atoms with Crippen LogP contribution in [-0.2, 0) is 14.3 Å². The van der Waals surface area contributed by atoms with Crippen molar-refractivity contribution in [3.8, 4) is 0 Å². The normalized spacial score (nSPS) is 26.3. The lowest BCUT2D eigenvalue weighted by Gasteiger charge is -2.34. The third kappa shape index (κ3) is 5.28. The molecule has 0 aliphatic carbocycles. The van der Waals surface area contributed by atoms with Gasteiger partial charge in [0, 0.05) is 25.6 Å². The maximum atomic E-state index is 12.5. The standard InChI is InChI=1S/C15H27N3O3/c16-14(19)11-18(12-4-3-8-17-10-12)15(20)7-6-13-5-1-2-9-21-13/h12-13,17H,1-11H2,(H2,16,19). The van der Waals surface area contributed by atoms with E-state index in [2.05, 4.69) is 5.32 Å². The lowest BCUT2D eigenvalue weighted by molar-refractivity contribution is -0.138. The lowest BCUT2D eigenvalue weighted by Crippen LogP contribution is -2.51. The maximum absolute atomic E-state index is 12.5. The summed E-state index contributed by atoms with van der Waals surface area (Å²) < 4.78 is 5.66. The molecule has 2 aliphatic rings. The van der Waals surface area contributed by atoms with E-state index in [0.717, 1.165) is 51.8 Å². The van der Waals surface area contributed by atoms with Crippen molar-refractivity contribution in [3.63, 3.8) is 0 Å². The molecule has 2 heterocycles. The number of carbonyl (C=O) groups excluding carboxylic acids is 2. The molecule has 2 unspecified atom stereocenters. The average molecular weight is 297 g/mol. The Morgan fingerprint density at radius 3 is 2.71 bits per heavy atom. The minimum atomic E-state index is -0.442. The molecule has 0 aromatic carbocycles. The largest absolute Gasteiger partial charge is 0.378 e. The Kier molecular flexibility index (Phi) is 6.45. The van der Waals surface area contributed by atoms with Gasteiger partial charge in [0.15, 0.2) is 0 Å². The molecule has 2 aliphatic heterocycles. The molecular formula is C15H27N3O3. The Morgan fingerprint density at radius 2 is 2.10 bits per heavy atom. The fraction of sp³-hybridized carbons (Fsp3) is 0.867. The number of nitrogens with two attached hydrogens (primary N) is 1. The summed E-state index contributed by atoms with van der Waals surface area (Å²) in [6.45, 7) is 2.55. The Labute approximate surface area is 126 Å². The molecule has 0 saturated carbocycles. The van der Waals surface area contributed by atoms with Crippen LogP contribution in [0.2, 0.25) is 0 Å². The Morgan fingerprint density at radius 1 is 1.24 bits per heavy atom. The molecule has 0 bridgehead atoms. The SMILES string of the molecule is NC(=O)CN(C(=O)CCC1CCCCO1)C1CCCNC1. The highest BCUT2D eigenvalue weighted by Crippen LogP contribution is 2.19. The van der Waals surface area contributed by atoms with Gasteiger partial charge in [-0.2, -0.15) is 0 Å². The summed E-state index contributed by atoms with van der Waals surface area (Å²) in [5.41, 5.74) is 5.30. The van der Waals surface area contributed by atoms with Crippen LogP contribution in [-0.4, -0.2) is 55.1 Å². The monoisotopic (exact) mass is 297 g/mol. The van der Waals surface area contributed by atoms with Gasteiger partial charge in [-0.1, -0.05) is 0 Å². The second-order valence-corrected chi connectivity index (χ2v) is 6.02. The summed E-state index contributed by atoms with van der Waals surface area (Å²) in [6, 6.07) is 0.0889. The van der Waals surface area contributed by atoms with E-state index in [9.17, 15) is 9.59 Å². The first-order chi connectivity index (χ1) is 10.2. The van der Waals surface area contributed by atoms with Crippen molar-refractivity contribution in [1.82, 2.24) is 10.2 Å². The Bertz CT molecular complexity index is 350. The maximum Gasteiger partial charge on any atom is 0.237 e. The number of rotatable bonds is 6. The molecule has 0 radical (unpaired) electrons. The van der Waals surface area contributed by atoms with E-state index in [0.29, 0.717) is 6.42 Å². The highest BCUT2D eigenvalue weighted by molar-refractivity contribution is 5.84. The molecule has 2 amide bonds. The van der Waals surface area contributed by atoms with Gasteiger partial charge in [0.2, 0.25) is 11.8 Å². The summed E-state index contributed by atoms with van der Waals surface area (Å²) in [4.78, 5) is 25.4. The van der Waals surface area contributed by atoms with E-state index >= 15 is 0 Å². The minimum absolute atomic E-state index is 0.0245. The van der Waals surface area contributed by atoms with Crippen molar-refractivity contribution in [2.24, 2.45) is 5.73 Å². The molecule has 0 spiro atoms. The summed E-state index contributed by atoms with van der Waals surface area (Å²) >= 11 is 0. The van der Waals surface area contributed by atoms with Crippen molar-refractivity contribution in [3.05, 3.63) is 0 Å². The quantitative estimate of drug-likeness (QED) is 0.743. The molecule has 2 rings (SSSR count). The summed E-state index contributed by atoms with van der Waals surface area (Å²) in [6.07, 6.45) is 6.67. The van der Waals surface area contributed by atoms with Crippen LogP contribution in [0.15, 0.2) is 0 Å². The van der Waals surface area contributed by atoms with Gasteiger partial charge in [-0.25, -0.2) is 0 Å². The van der Waals surface area contributed by atoms with Crippen LogP contribution >= 0.6 is 0 Å². The van der Waals surface area contributed by atoms with Gasteiger partial charge < -0.3 is 20.7 Å². The molecule has 0 aromatic rings. The van der Waals surface area contributed by atoms with E-state index in [1.165, 1.54) is 6.42 Å². The molecule has 2 atom stereocenters. The molecule has 120 valence electrons. The molecule has 2 fully saturated rings. The molecule has 2 saturated heterocycles. The number of ether oxygens (including phenoxy) is 1. The Balaban J connectivity index is 1.85. The molecular weight excluding hydrogens is 270 g/mol. The minimum Gasteiger partial charge on any atom is -0.378 e. The van der Waals surface area contributed by atoms with E-state index in [1.54, 1.807) is 4.90 Å². The number of nitrogens with one attached hydrogen (secondary N) is 1. The van der Waals surface area contributed by atoms with Crippen molar-refractivity contribution in [2.75, 3.05) is 26.2 Å². The van der Waals surface area contributed by atoms with Gasteiger partial charge in [0.25, 0.3) is 0 Å². The molecule has 0 aromatic heterocycles. The van der Waals surface area contributed by atoms with Crippen LogP contribution in [0.4, 0.5) is 0 Å². The number of hydrogen-bond donors (Lipinski definition) is 2. The van der Waals surface area contributed by atoms with Gasteiger partial charge in [-0.3, -0.25) is 9.59 Å². The van der Waals surface area contributed by atoms with Crippen LogP contribution in [0.25, 0.3) is 0 Å². The lowest BCUT2D eigenvalue weighted by atomic mass is 10.0. The van der Waals surface area contributed by atoms with Crippen molar-refractivity contribution >= 4 is 11.8 Å². The first-order valence-corrected chi connectivity index (χ1v) is 8.07. The van der Waals surface area contributed by atoms with Crippen LogP contribution < -0.4 is 11.1 Å². The smallest absolute Gasteiger partial charge is 0.237 e. The molecule has 6 heteroatoms. The number of piperidine rings is 1. The highest BCUT2D eigenvalue weighted by Gasteiger charge is 2.27. The van der Waals surface area contributed by atoms with Crippen LogP contribution in [0.5, 0.6) is 0 Å². The molecule has 3 N–H and O–H groups in total. The second kappa shape index (κ2) is 8.34. The first-order valence-electron chi connectivity index (χ1n) is 8.07. The van der Waals surface area contributed by atoms with E-state index < -0.39 is 5.91 Å². The average Bonchev–Trinajstić information content (AvgIpc) is 2.52. The predicted octanol–water partition coefficient (Wildman–Crippen LogP) is 0.402. The topological polar surface area (TPSA) is 84.7 Å². The van der Waals surface area contributed by atoms with Gasteiger partial charge >= 0.3 is 0 Å². The zero-order chi connectivity index (χ0) is 15.1. The van der Waals surface area contributed by atoms with Gasteiger partial charge in [-0.15, -0.1) is 0 Å². The van der Waals surface area contributed by atoms with Crippen molar-refractivity contribution in [2.45, 2.75) is 57.1 Å². The third-order valence-corrected chi connectivity index (χ3v) is 4.31. The van der Waals surface area contributed by atoms with E-state index in [1.807, 2.05) is 0 Å². The third-order valence-electron chi connectivity index (χ3n) is 4.31. The van der Waals surface area contributed by atoms with Crippen molar-refractivity contribution in [1.29, 1.82) is 0 Å². The highest BCUT2D eigenvalue weighted by atomic mass is 16.5. The summed E-state index contributed by atoms with van der Waals surface area (Å²) in [5, 5.41) is 3.28. The predicted molar refractivity (Wildman–Crippen MR) is 79.6 cm³/mol. The van der Waals surface area contributed by atoms with Crippen LogP contribution in [0.1, 0.15) is 44.9 Å².